The summed E-state index contributed by atoms with van der Waals surface area (Å²) in [4.78, 5) is 0. The summed E-state index contributed by atoms with van der Waals surface area (Å²) in [5.41, 5.74) is 6.57. The van der Waals surface area contributed by atoms with Crippen molar-refractivity contribution in [3.8, 4) is 5.75 Å². The second kappa shape index (κ2) is 3.39. The van der Waals surface area contributed by atoms with Crippen LogP contribution in [0.5, 0.6) is 5.75 Å². The van der Waals surface area contributed by atoms with E-state index in [4.69, 9.17) is 10.5 Å². The van der Waals surface area contributed by atoms with Crippen molar-refractivity contribution >= 4 is 0 Å². The van der Waals surface area contributed by atoms with Gasteiger partial charge in [-0.15, -0.1) is 0 Å². The van der Waals surface area contributed by atoms with Crippen LogP contribution in [0, 0.1) is 6.92 Å². The second-order valence-corrected chi connectivity index (χ2v) is 2.38. The molecular formula is C9H12NO. The normalized spacial score (nSPS) is 12.6. The van der Waals surface area contributed by atoms with Gasteiger partial charge in [-0.3, -0.25) is 0 Å². The average molecular weight is 150 g/mol. The van der Waals surface area contributed by atoms with E-state index < -0.39 is 0 Å². The molecule has 0 saturated heterocycles. The number of rotatable bonds is 2. The SMILES string of the molecule is [CH2][C@@H](N)c1ccc(OC)cc1. The molecule has 0 aliphatic carbocycles. The van der Waals surface area contributed by atoms with E-state index in [0.29, 0.717) is 0 Å². The standard InChI is InChI=1S/C9H12NO/c1-7(10)8-3-5-9(11-2)6-4-8/h3-7H,1,10H2,2H3/t7-/m1/s1. The van der Waals surface area contributed by atoms with Crippen LogP contribution in [-0.2, 0) is 0 Å². The van der Waals surface area contributed by atoms with Crippen molar-refractivity contribution in [2.24, 2.45) is 5.73 Å². The van der Waals surface area contributed by atoms with Gasteiger partial charge in [0.05, 0.1) is 7.11 Å². The van der Waals surface area contributed by atoms with E-state index in [-0.39, 0.29) is 6.04 Å². The Kier molecular flexibility index (Phi) is 2.49. The fourth-order valence-corrected chi connectivity index (χ4v) is 0.851. The highest BCUT2D eigenvalue weighted by Crippen LogP contribution is 2.14. The van der Waals surface area contributed by atoms with Crippen LogP contribution in [0.2, 0.25) is 0 Å². The van der Waals surface area contributed by atoms with Crippen molar-refractivity contribution in [2.75, 3.05) is 7.11 Å². The fourth-order valence-electron chi connectivity index (χ4n) is 0.851. The van der Waals surface area contributed by atoms with E-state index in [1.165, 1.54) is 0 Å². The van der Waals surface area contributed by atoms with Gasteiger partial charge < -0.3 is 10.5 Å². The number of benzene rings is 1. The summed E-state index contributed by atoms with van der Waals surface area (Å²) in [6.45, 7) is 3.70. The molecule has 2 heteroatoms. The Morgan fingerprint density at radius 2 is 1.91 bits per heavy atom. The quantitative estimate of drug-likeness (QED) is 0.693. The second-order valence-electron chi connectivity index (χ2n) is 2.38. The number of ether oxygens (including phenoxy) is 1. The van der Waals surface area contributed by atoms with Crippen molar-refractivity contribution in [3.05, 3.63) is 36.8 Å². The maximum atomic E-state index is 5.55. The Bertz CT molecular complexity index is 216. The Hall–Kier alpha value is -1.02. The predicted octanol–water partition coefficient (Wildman–Crippen LogP) is 1.53. The Morgan fingerprint density at radius 3 is 2.27 bits per heavy atom. The zero-order chi connectivity index (χ0) is 8.27. The average Bonchev–Trinajstić information content (AvgIpc) is 2.05. The number of hydrogen-bond acceptors (Lipinski definition) is 2. The first kappa shape index (κ1) is 8.08. The van der Waals surface area contributed by atoms with Crippen LogP contribution in [0.3, 0.4) is 0 Å². The maximum Gasteiger partial charge on any atom is 0.118 e. The van der Waals surface area contributed by atoms with E-state index in [1.54, 1.807) is 7.11 Å². The molecule has 2 N–H and O–H groups in total. The molecule has 0 unspecified atom stereocenters. The zero-order valence-corrected chi connectivity index (χ0v) is 6.58. The van der Waals surface area contributed by atoms with Gasteiger partial charge in [-0.05, 0) is 24.6 Å². The van der Waals surface area contributed by atoms with Gasteiger partial charge in [0.2, 0.25) is 0 Å². The molecule has 0 aliphatic heterocycles. The third-order valence-corrected chi connectivity index (χ3v) is 1.54. The summed E-state index contributed by atoms with van der Waals surface area (Å²) >= 11 is 0. The first-order chi connectivity index (χ1) is 5.24. The minimum Gasteiger partial charge on any atom is -0.497 e. The van der Waals surface area contributed by atoms with Crippen molar-refractivity contribution in [1.82, 2.24) is 0 Å². The van der Waals surface area contributed by atoms with E-state index in [0.717, 1.165) is 11.3 Å². The lowest BCUT2D eigenvalue weighted by atomic mass is 10.1. The summed E-state index contributed by atoms with van der Waals surface area (Å²) in [6.07, 6.45) is 0. The highest BCUT2D eigenvalue weighted by atomic mass is 16.5. The van der Waals surface area contributed by atoms with Gasteiger partial charge in [0.1, 0.15) is 5.75 Å². The van der Waals surface area contributed by atoms with E-state index in [2.05, 4.69) is 6.92 Å². The lowest BCUT2D eigenvalue weighted by molar-refractivity contribution is 0.414. The smallest absolute Gasteiger partial charge is 0.118 e. The molecular weight excluding hydrogens is 138 g/mol. The van der Waals surface area contributed by atoms with E-state index >= 15 is 0 Å². The van der Waals surface area contributed by atoms with Gasteiger partial charge in [-0.2, -0.15) is 0 Å². The molecule has 0 amide bonds. The van der Waals surface area contributed by atoms with Gasteiger partial charge in [0.25, 0.3) is 0 Å². The molecule has 2 nitrogen and oxygen atoms in total. The van der Waals surface area contributed by atoms with Crippen LogP contribution in [0.1, 0.15) is 11.6 Å². The fraction of sp³-hybridized carbons (Fsp3) is 0.222. The first-order valence-electron chi connectivity index (χ1n) is 3.46. The molecule has 0 fully saturated rings. The monoisotopic (exact) mass is 150 g/mol. The maximum absolute atomic E-state index is 5.55. The minimum absolute atomic E-state index is 0.152. The van der Waals surface area contributed by atoms with Crippen LogP contribution < -0.4 is 10.5 Å². The third kappa shape index (κ3) is 1.95. The first-order valence-corrected chi connectivity index (χ1v) is 3.46. The predicted molar refractivity (Wildman–Crippen MR) is 45.3 cm³/mol. The van der Waals surface area contributed by atoms with E-state index in [1.807, 2.05) is 24.3 Å². The molecule has 0 aliphatic rings. The largest absolute Gasteiger partial charge is 0.497 e. The third-order valence-electron chi connectivity index (χ3n) is 1.54. The summed E-state index contributed by atoms with van der Waals surface area (Å²) in [7, 11) is 1.64. The van der Waals surface area contributed by atoms with Crippen molar-refractivity contribution in [3.63, 3.8) is 0 Å². The molecule has 0 aromatic heterocycles. The number of hydrogen-bond donors (Lipinski definition) is 1. The number of nitrogens with two attached hydrogens (primary N) is 1. The molecule has 0 spiro atoms. The molecule has 1 aromatic rings. The van der Waals surface area contributed by atoms with Crippen LogP contribution in [0.25, 0.3) is 0 Å². The van der Waals surface area contributed by atoms with Crippen molar-refractivity contribution in [2.45, 2.75) is 6.04 Å². The van der Waals surface area contributed by atoms with Gasteiger partial charge in [-0.1, -0.05) is 12.1 Å². The highest BCUT2D eigenvalue weighted by Gasteiger charge is 1.97. The lowest BCUT2D eigenvalue weighted by Gasteiger charge is -2.05. The summed E-state index contributed by atoms with van der Waals surface area (Å²) in [5.74, 6) is 0.842. The van der Waals surface area contributed by atoms with Crippen molar-refractivity contribution < 1.29 is 4.74 Å². The van der Waals surface area contributed by atoms with Crippen LogP contribution in [-0.4, -0.2) is 7.11 Å². The number of methoxy groups -OCH3 is 1. The van der Waals surface area contributed by atoms with Crippen LogP contribution in [0.15, 0.2) is 24.3 Å². The molecule has 0 bridgehead atoms. The van der Waals surface area contributed by atoms with Gasteiger partial charge >= 0.3 is 0 Å². The lowest BCUT2D eigenvalue weighted by Crippen LogP contribution is -2.04. The molecule has 1 aromatic carbocycles. The van der Waals surface area contributed by atoms with Gasteiger partial charge in [-0.25, -0.2) is 0 Å². The molecule has 1 rings (SSSR count). The molecule has 1 radical (unpaired) electrons. The van der Waals surface area contributed by atoms with Crippen molar-refractivity contribution in [1.29, 1.82) is 0 Å². The van der Waals surface area contributed by atoms with Gasteiger partial charge in [0, 0.05) is 6.04 Å². The summed E-state index contributed by atoms with van der Waals surface area (Å²) in [6, 6.07) is 7.43. The van der Waals surface area contributed by atoms with Gasteiger partial charge in [0.15, 0.2) is 0 Å². The molecule has 59 valence electrons. The minimum atomic E-state index is -0.152. The topological polar surface area (TPSA) is 35.2 Å². The molecule has 0 saturated carbocycles. The van der Waals surface area contributed by atoms with Crippen LogP contribution >= 0.6 is 0 Å². The molecule has 0 heterocycles. The Balaban J connectivity index is 2.83. The summed E-state index contributed by atoms with van der Waals surface area (Å²) < 4.78 is 4.99. The summed E-state index contributed by atoms with van der Waals surface area (Å²) in [5, 5.41) is 0. The zero-order valence-electron chi connectivity index (χ0n) is 6.58. The highest BCUT2D eigenvalue weighted by molar-refractivity contribution is 5.29. The van der Waals surface area contributed by atoms with E-state index in [9.17, 15) is 0 Å². The molecule has 1 atom stereocenters. The molecule has 11 heavy (non-hydrogen) atoms. The Labute approximate surface area is 67.0 Å². The van der Waals surface area contributed by atoms with Crippen LogP contribution in [0.4, 0.5) is 0 Å². The Morgan fingerprint density at radius 1 is 1.36 bits per heavy atom.